The zero-order valence-electron chi connectivity index (χ0n) is 12.9. The molecular weight excluding hydrogens is 284 g/mol. The number of aryl methyl sites for hydroxylation is 1. The molecule has 0 N–H and O–H groups in total. The second kappa shape index (κ2) is 8.29. The van der Waals surface area contributed by atoms with E-state index in [9.17, 15) is 0 Å². The fraction of sp³-hybridized carbons (Fsp3) is 0.529. The van der Waals surface area contributed by atoms with Crippen molar-refractivity contribution in [1.82, 2.24) is 9.80 Å². The quantitative estimate of drug-likeness (QED) is 0.626. The van der Waals surface area contributed by atoms with Gasteiger partial charge in [0.1, 0.15) is 12.4 Å². The fourth-order valence-corrected chi connectivity index (χ4v) is 2.45. The predicted octanol–water partition coefficient (Wildman–Crippen LogP) is 2.21. The Morgan fingerprint density at radius 2 is 2.00 bits per heavy atom. The van der Waals surface area contributed by atoms with Crippen molar-refractivity contribution < 1.29 is 4.74 Å². The molecule has 0 spiro atoms. The third kappa shape index (κ3) is 5.24. The van der Waals surface area contributed by atoms with E-state index < -0.39 is 0 Å². The van der Waals surface area contributed by atoms with Gasteiger partial charge in [-0.1, -0.05) is 11.8 Å². The van der Waals surface area contributed by atoms with Crippen LogP contribution in [0.4, 0.5) is 0 Å². The number of piperazine rings is 1. The van der Waals surface area contributed by atoms with Gasteiger partial charge in [0.2, 0.25) is 0 Å². The minimum absolute atomic E-state index is 0.363. The summed E-state index contributed by atoms with van der Waals surface area (Å²) in [6.07, 6.45) is 0. The van der Waals surface area contributed by atoms with Crippen LogP contribution in [-0.2, 0) is 0 Å². The van der Waals surface area contributed by atoms with E-state index in [1.165, 1.54) is 0 Å². The maximum Gasteiger partial charge on any atom is 0.122 e. The van der Waals surface area contributed by atoms with Gasteiger partial charge in [-0.15, -0.1) is 11.6 Å². The van der Waals surface area contributed by atoms with Gasteiger partial charge in [0.05, 0.1) is 5.88 Å². The van der Waals surface area contributed by atoms with E-state index >= 15 is 0 Å². The van der Waals surface area contributed by atoms with E-state index in [0.29, 0.717) is 5.88 Å². The largest absolute Gasteiger partial charge is 0.492 e. The summed E-state index contributed by atoms with van der Waals surface area (Å²) in [6.45, 7) is 8.33. The Bertz CT molecular complexity index is 513. The van der Waals surface area contributed by atoms with Gasteiger partial charge in [-0.3, -0.25) is 4.90 Å². The summed E-state index contributed by atoms with van der Waals surface area (Å²) in [5, 5.41) is 0. The summed E-state index contributed by atoms with van der Waals surface area (Å²) < 4.78 is 5.90. The highest BCUT2D eigenvalue weighted by atomic mass is 35.5. The second-order valence-electron chi connectivity index (χ2n) is 5.41. The average Bonchev–Trinajstić information content (AvgIpc) is 2.49. The minimum Gasteiger partial charge on any atom is -0.492 e. The number of halogens is 1. The molecule has 1 aromatic rings. The summed E-state index contributed by atoms with van der Waals surface area (Å²) in [5.74, 6) is 7.20. The van der Waals surface area contributed by atoms with Crippen molar-refractivity contribution in [3.8, 4) is 17.6 Å². The zero-order chi connectivity index (χ0) is 15.1. The summed E-state index contributed by atoms with van der Waals surface area (Å²) in [5.41, 5.74) is 2.11. The first kappa shape index (κ1) is 16.2. The van der Waals surface area contributed by atoms with E-state index in [-0.39, 0.29) is 0 Å². The van der Waals surface area contributed by atoms with Gasteiger partial charge in [-0.25, -0.2) is 0 Å². The fourth-order valence-electron chi connectivity index (χ4n) is 2.38. The van der Waals surface area contributed by atoms with Crippen LogP contribution in [0.5, 0.6) is 5.75 Å². The molecule has 21 heavy (non-hydrogen) atoms. The summed E-state index contributed by atoms with van der Waals surface area (Å²) in [7, 11) is 2.17. The molecule has 114 valence electrons. The summed E-state index contributed by atoms with van der Waals surface area (Å²) in [6, 6.07) is 6.03. The molecule has 0 bridgehead atoms. The lowest BCUT2D eigenvalue weighted by Crippen LogP contribution is -2.45. The Morgan fingerprint density at radius 3 is 2.67 bits per heavy atom. The molecule has 1 aliphatic rings. The van der Waals surface area contributed by atoms with Crippen molar-refractivity contribution in [3.63, 3.8) is 0 Å². The highest BCUT2D eigenvalue weighted by Gasteiger charge is 2.13. The van der Waals surface area contributed by atoms with Gasteiger partial charge >= 0.3 is 0 Å². The van der Waals surface area contributed by atoms with Crippen LogP contribution in [0.15, 0.2) is 18.2 Å². The van der Waals surface area contributed by atoms with Crippen LogP contribution in [0.2, 0.25) is 0 Å². The van der Waals surface area contributed by atoms with Crippen LogP contribution in [0.3, 0.4) is 0 Å². The van der Waals surface area contributed by atoms with Crippen LogP contribution in [0.25, 0.3) is 0 Å². The normalized spacial score (nSPS) is 16.3. The zero-order valence-corrected chi connectivity index (χ0v) is 13.6. The molecule has 0 aromatic heterocycles. The van der Waals surface area contributed by atoms with Gasteiger partial charge in [-0.2, -0.15) is 0 Å². The highest BCUT2D eigenvalue weighted by Crippen LogP contribution is 2.18. The van der Waals surface area contributed by atoms with Crippen molar-refractivity contribution in [2.45, 2.75) is 6.92 Å². The average molecular weight is 307 g/mol. The first-order chi connectivity index (χ1) is 10.2. The molecule has 4 heteroatoms. The number of rotatable bonds is 4. The SMILES string of the molecule is Cc1cc(C#CCCl)ccc1OCCN1CCN(C)CC1. The monoisotopic (exact) mass is 306 g/mol. The second-order valence-corrected chi connectivity index (χ2v) is 5.68. The molecule has 1 fully saturated rings. The third-order valence-electron chi connectivity index (χ3n) is 3.74. The van der Waals surface area contributed by atoms with Crippen LogP contribution in [0, 0.1) is 18.8 Å². The van der Waals surface area contributed by atoms with Crippen molar-refractivity contribution in [3.05, 3.63) is 29.3 Å². The Kier molecular flexibility index (Phi) is 6.38. The number of hydrogen-bond acceptors (Lipinski definition) is 3. The Hall–Kier alpha value is -1.21. The van der Waals surface area contributed by atoms with E-state index in [0.717, 1.165) is 56.2 Å². The van der Waals surface area contributed by atoms with Crippen molar-refractivity contribution in [2.24, 2.45) is 0 Å². The maximum absolute atomic E-state index is 5.90. The molecule has 1 saturated heterocycles. The number of alkyl halides is 1. The Morgan fingerprint density at radius 1 is 1.24 bits per heavy atom. The number of benzene rings is 1. The van der Waals surface area contributed by atoms with Crippen molar-refractivity contribution in [2.75, 3.05) is 52.3 Å². The minimum atomic E-state index is 0.363. The molecule has 1 heterocycles. The van der Waals surface area contributed by atoms with Crippen LogP contribution < -0.4 is 4.74 Å². The summed E-state index contributed by atoms with van der Waals surface area (Å²) in [4.78, 5) is 4.82. The van der Waals surface area contributed by atoms with Crippen LogP contribution >= 0.6 is 11.6 Å². The van der Waals surface area contributed by atoms with E-state index in [1.807, 2.05) is 18.2 Å². The lowest BCUT2D eigenvalue weighted by atomic mass is 10.1. The number of nitrogens with zero attached hydrogens (tertiary/aromatic N) is 2. The van der Waals surface area contributed by atoms with Crippen molar-refractivity contribution in [1.29, 1.82) is 0 Å². The van der Waals surface area contributed by atoms with Crippen molar-refractivity contribution >= 4 is 11.6 Å². The molecule has 2 rings (SSSR count). The number of hydrogen-bond donors (Lipinski definition) is 0. The van der Waals surface area contributed by atoms with E-state index in [4.69, 9.17) is 16.3 Å². The van der Waals surface area contributed by atoms with E-state index in [1.54, 1.807) is 0 Å². The smallest absolute Gasteiger partial charge is 0.122 e. The van der Waals surface area contributed by atoms with Gasteiger partial charge in [0.25, 0.3) is 0 Å². The lowest BCUT2D eigenvalue weighted by molar-refractivity contribution is 0.133. The Balaban J connectivity index is 1.80. The molecule has 3 nitrogen and oxygen atoms in total. The topological polar surface area (TPSA) is 15.7 Å². The molecule has 0 radical (unpaired) electrons. The standard InChI is InChI=1S/C17H23ClN2O/c1-15-14-16(4-3-7-18)5-6-17(15)21-13-12-20-10-8-19(2)9-11-20/h5-6,14H,7-13H2,1-2H3. The first-order valence-electron chi connectivity index (χ1n) is 7.38. The van der Waals surface area contributed by atoms with E-state index in [2.05, 4.69) is 35.6 Å². The van der Waals surface area contributed by atoms with Crippen LogP contribution in [0.1, 0.15) is 11.1 Å². The third-order valence-corrected chi connectivity index (χ3v) is 3.87. The number of likely N-dealkylation sites (N-methyl/N-ethyl adjacent to an activating group) is 1. The molecule has 1 aliphatic heterocycles. The predicted molar refractivity (Wildman–Crippen MR) is 88.2 cm³/mol. The number of ether oxygens (including phenoxy) is 1. The highest BCUT2D eigenvalue weighted by molar-refractivity contribution is 6.19. The maximum atomic E-state index is 5.90. The molecule has 0 aliphatic carbocycles. The molecular formula is C17H23ClN2O. The molecule has 0 atom stereocenters. The van der Waals surface area contributed by atoms with Crippen LogP contribution in [-0.4, -0.2) is 62.1 Å². The molecule has 0 unspecified atom stereocenters. The molecule has 0 amide bonds. The van der Waals surface area contributed by atoms with Gasteiger partial charge in [0, 0.05) is 38.3 Å². The first-order valence-corrected chi connectivity index (χ1v) is 7.91. The van der Waals surface area contributed by atoms with Gasteiger partial charge in [0.15, 0.2) is 0 Å². The van der Waals surface area contributed by atoms with Gasteiger partial charge in [-0.05, 0) is 37.7 Å². The molecule has 1 aromatic carbocycles. The summed E-state index contributed by atoms with van der Waals surface area (Å²) >= 11 is 5.57. The lowest BCUT2D eigenvalue weighted by Gasteiger charge is -2.32. The Labute approximate surface area is 132 Å². The molecule has 0 saturated carbocycles. The van der Waals surface area contributed by atoms with Gasteiger partial charge < -0.3 is 9.64 Å².